The van der Waals surface area contributed by atoms with Gasteiger partial charge in [0, 0.05) is 38.4 Å². The third-order valence-corrected chi connectivity index (χ3v) is 4.17. The molecule has 5 nitrogen and oxygen atoms in total. The minimum atomic E-state index is 0.0830. The van der Waals surface area contributed by atoms with Gasteiger partial charge in [0.25, 0.3) is 5.91 Å². The molecule has 1 amide bonds. The monoisotopic (exact) mass is 298 g/mol. The standard InChI is InChI=1S/C17H22N4O/c1-3-21-11-15(13(2)19-21)17(22)20-10-9-18-16(12-20)14-7-5-4-6-8-14/h4-8,11,16,18H,3,9-10,12H2,1-2H3. The van der Waals surface area contributed by atoms with Crippen molar-refractivity contribution in [2.45, 2.75) is 26.4 Å². The Morgan fingerprint density at radius 3 is 2.82 bits per heavy atom. The Balaban J connectivity index is 1.76. The van der Waals surface area contributed by atoms with E-state index in [4.69, 9.17) is 0 Å². The third-order valence-electron chi connectivity index (χ3n) is 4.17. The minimum Gasteiger partial charge on any atom is -0.335 e. The van der Waals surface area contributed by atoms with Crippen LogP contribution in [0.15, 0.2) is 36.5 Å². The van der Waals surface area contributed by atoms with Crippen LogP contribution in [0.2, 0.25) is 0 Å². The summed E-state index contributed by atoms with van der Waals surface area (Å²) in [6, 6.07) is 10.5. The largest absolute Gasteiger partial charge is 0.335 e. The topological polar surface area (TPSA) is 50.2 Å². The molecule has 1 aromatic heterocycles. The van der Waals surface area contributed by atoms with Gasteiger partial charge in [0.2, 0.25) is 0 Å². The van der Waals surface area contributed by atoms with Crippen molar-refractivity contribution >= 4 is 5.91 Å². The number of carbonyl (C=O) groups excluding carboxylic acids is 1. The Kier molecular flexibility index (Phi) is 4.24. The predicted octanol–water partition coefficient (Wildman–Crippen LogP) is 2.00. The van der Waals surface area contributed by atoms with Crippen LogP contribution in [0.5, 0.6) is 0 Å². The summed E-state index contributed by atoms with van der Waals surface area (Å²) in [4.78, 5) is 14.7. The van der Waals surface area contributed by atoms with Crippen molar-refractivity contribution in [1.29, 1.82) is 0 Å². The summed E-state index contributed by atoms with van der Waals surface area (Å²) in [6.45, 7) is 6.94. The molecular formula is C17H22N4O. The first kappa shape index (κ1) is 14.8. The lowest BCUT2D eigenvalue weighted by molar-refractivity contribution is 0.0702. The molecule has 0 spiro atoms. The van der Waals surface area contributed by atoms with E-state index in [9.17, 15) is 4.79 Å². The zero-order valence-electron chi connectivity index (χ0n) is 13.1. The zero-order valence-corrected chi connectivity index (χ0v) is 13.1. The van der Waals surface area contributed by atoms with E-state index in [1.54, 1.807) is 0 Å². The van der Waals surface area contributed by atoms with Gasteiger partial charge in [-0.3, -0.25) is 9.48 Å². The van der Waals surface area contributed by atoms with Crippen LogP contribution in [0.25, 0.3) is 0 Å². The lowest BCUT2D eigenvalue weighted by Crippen LogP contribution is -2.48. The van der Waals surface area contributed by atoms with Crippen molar-refractivity contribution in [1.82, 2.24) is 20.0 Å². The van der Waals surface area contributed by atoms with Gasteiger partial charge in [-0.05, 0) is 19.4 Å². The van der Waals surface area contributed by atoms with Gasteiger partial charge in [-0.25, -0.2) is 0 Å². The molecular weight excluding hydrogens is 276 g/mol. The number of rotatable bonds is 3. The van der Waals surface area contributed by atoms with Crippen LogP contribution in [0.4, 0.5) is 0 Å². The van der Waals surface area contributed by atoms with Crippen LogP contribution < -0.4 is 5.32 Å². The smallest absolute Gasteiger partial charge is 0.257 e. The summed E-state index contributed by atoms with van der Waals surface area (Å²) in [6.07, 6.45) is 1.86. The van der Waals surface area contributed by atoms with Gasteiger partial charge < -0.3 is 10.2 Å². The van der Waals surface area contributed by atoms with E-state index in [1.807, 2.05) is 47.8 Å². The average molecular weight is 298 g/mol. The van der Waals surface area contributed by atoms with E-state index in [0.29, 0.717) is 6.54 Å². The normalized spacial score (nSPS) is 18.5. The lowest BCUT2D eigenvalue weighted by atomic mass is 10.0. The molecule has 0 saturated carbocycles. The maximum atomic E-state index is 12.8. The molecule has 3 rings (SSSR count). The maximum Gasteiger partial charge on any atom is 0.257 e. The van der Waals surface area contributed by atoms with Crippen LogP contribution in [0.3, 0.4) is 0 Å². The van der Waals surface area contributed by atoms with E-state index in [0.717, 1.165) is 30.9 Å². The number of aromatic nitrogens is 2. The first-order valence-electron chi connectivity index (χ1n) is 7.80. The highest BCUT2D eigenvalue weighted by Gasteiger charge is 2.26. The van der Waals surface area contributed by atoms with Gasteiger partial charge in [-0.2, -0.15) is 5.10 Å². The van der Waals surface area contributed by atoms with Crippen molar-refractivity contribution in [2.75, 3.05) is 19.6 Å². The second kappa shape index (κ2) is 6.32. The highest BCUT2D eigenvalue weighted by molar-refractivity contribution is 5.95. The summed E-state index contributed by atoms with van der Waals surface area (Å²) in [7, 11) is 0. The van der Waals surface area contributed by atoms with E-state index < -0.39 is 0 Å². The summed E-state index contributed by atoms with van der Waals surface area (Å²) in [5.74, 6) is 0.0830. The Hall–Kier alpha value is -2.14. The molecule has 1 atom stereocenters. The van der Waals surface area contributed by atoms with E-state index in [2.05, 4.69) is 22.5 Å². The molecule has 2 aromatic rings. The summed E-state index contributed by atoms with van der Waals surface area (Å²) in [5, 5.41) is 7.86. The van der Waals surface area contributed by atoms with E-state index >= 15 is 0 Å². The molecule has 0 aliphatic carbocycles. The molecule has 0 radical (unpaired) electrons. The summed E-state index contributed by atoms with van der Waals surface area (Å²) >= 11 is 0. The fourth-order valence-electron chi connectivity index (χ4n) is 2.90. The summed E-state index contributed by atoms with van der Waals surface area (Å²) < 4.78 is 1.82. The number of hydrogen-bond acceptors (Lipinski definition) is 3. The second-order valence-corrected chi connectivity index (χ2v) is 5.65. The highest BCUT2D eigenvalue weighted by Crippen LogP contribution is 2.19. The quantitative estimate of drug-likeness (QED) is 0.943. The molecule has 0 bridgehead atoms. The lowest BCUT2D eigenvalue weighted by Gasteiger charge is -2.34. The van der Waals surface area contributed by atoms with Crippen LogP contribution in [0.1, 0.15) is 34.6 Å². The van der Waals surface area contributed by atoms with Crippen molar-refractivity contribution in [2.24, 2.45) is 0 Å². The number of benzene rings is 1. The highest BCUT2D eigenvalue weighted by atomic mass is 16.2. The molecule has 116 valence electrons. The van der Waals surface area contributed by atoms with Crippen LogP contribution in [0, 0.1) is 6.92 Å². The van der Waals surface area contributed by atoms with Crippen molar-refractivity contribution < 1.29 is 4.79 Å². The van der Waals surface area contributed by atoms with Crippen molar-refractivity contribution in [3.63, 3.8) is 0 Å². The molecule has 2 heterocycles. The maximum absolute atomic E-state index is 12.8. The van der Waals surface area contributed by atoms with Gasteiger partial charge in [0.1, 0.15) is 0 Å². The number of carbonyl (C=O) groups is 1. The number of hydrogen-bond donors (Lipinski definition) is 1. The molecule has 1 aliphatic rings. The van der Waals surface area contributed by atoms with Crippen LogP contribution in [-0.2, 0) is 6.54 Å². The Morgan fingerprint density at radius 2 is 2.14 bits per heavy atom. The minimum absolute atomic E-state index is 0.0830. The number of amides is 1. The van der Waals surface area contributed by atoms with Crippen LogP contribution in [-0.4, -0.2) is 40.2 Å². The predicted molar refractivity (Wildman–Crippen MR) is 85.7 cm³/mol. The molecule has 1 unspecified atom stereocenters. The fourth-order valence-corrected chi connectivity index (χ4v) is 2.90. The first-order chi connectivity index (χ1) is 10.7. The van der Waals surface area contributed by atoms with Gasteiger partial charge in [-0.15, -0.1) is 0 Å². The van der Waals surface area contributed by atoms with E-state index in [-0.39, 0.29) is 11.9 Å². The fraction of sp³-hybridized carbons (Fsp3) is 0.412. The molecule has 5 heteroatoms. The van der Waals surface area contributed by atoms with Gasteiger partial charge in [-0.1, -0.05) is 30.3 Å². The molecule has 22 heavy (non-hydrogen) atoms. The number of nitrogens with one attached hydrogen (secondary N) is 1. The second-order valence-electron chi connectivity index (χ2n) is 5.65. The summed E-state index contributed by atoms with van der Waals surface area (Å²) in [5.41, 5.74) is 2.75. The zero-order chi connectivity index (χ0) is 15.5. The third kappa shape index (κ3) is 2.90. The SMILES string of the molecule is CCn1cc(C(=O)N2CCNC(c3ccccc3)C2)c(C)n1. The molecule has 1 aromatic carbocycles. The Labute approximate surface area is 130 Å². The van der Waals surface area contributed by atoms with Gasteiger partial charge >= 0.3 is 0 Å². The van der Waals surface area contributed by atoms with E-state index in [1.165, 1.54) is 5.56 Å². The molecule has 1 fully saturated rings. The number of nitrogens with zero attached hydrogens (tertiary/aromatic N) is 3. The van der Waals surface area contributed by atoms with Gasteiger partial charge in [0.15, 0.2) is 0 Å². The van der Waals surface area contributed by atoms with Crippen molar-refractivity contribution in [3.05, 3.63) is 53.3 Å². The molecule has 1 N–H and O–H groups in total. The van der Waals surface area contributed by atoms with Gasteiger partial charge in [0.05, 0.1) is 11.3 Å². The van der Waals surface area contributed by atoms with Crippen molar-refractivity contribution in [3.8, 4) is 0 Å². The molecule has 1 aliphatic heterocycles. The Morgan fingerprint density at radius 1 is 1.36 bits per heavy atom. The Bertz CT molecular complexity index is 650. The number of aryl methyl sites for hydroxylation is 2. The molecule has 1 saturated heterocycles. The first-order valence-corrected chi connectivity index (χ1v) is 7.80. The number of piperazine rings is 1. The average Bonchev–Trinajstić information content (AvgIpc) is 2.96. The van der Waals surface area contributed by atoms with Crippen LogP contribution >= 0.6 is 0 Å².